The zero-order chi connectivity index (χ0) is 15.2. The summed E-state index contributed by atoms with van der Waals surface area (Å²) >= 11 is 0. The number of nitrogen functional groups attached to an aromatic ring is 1. The van der Waals surface area contributed by atoms with Crippen molar-refractivity contribution in [2.75, 3.05) is 20.0 Å². The lowest BCUT2D eigenvalue weighted by molar-refractivity contribution is 0.391. The molecule has 0 saturated carbocycles. The quantitative estimate of drug-likeness (QED) is 0.550. The van der Waals surface area contributed by atoms with E-state index in [1.807, 2.05) is 18.2 Å². The number of hydrogen-bond acceptors (Lipinski definition) is 6. The molecule has 5 N–H and O–H groups in total. The average molecular weight is 288 g/mol. The summed E-state index contributed by atoms with van der Waals surface area (Å²) < 4.78 is 10.6. The lowest BCUT2D eigenvalue weighted by Gasteiger charge is -2.19. The van der Waals surface area contributed by atoms with E-state index in [1.165, 1.54) is 0 Å². The predicted octanol–water partition coefficient (Wildman–Crippen LogP) is 1.43. The van der Waals surface area contributed by atoms with E-state index in [9.17, 15) is 0 Å². The highest BCUT2D eigenvalue weighted by Gasteiger charge is 2.15. The van der Waals surface area contributed by atoms with Crippen molar-refractivity contribution in [3.05, 3.63) is 47.8 Å². The SMILES string of the molecule is COc1cc(OC)cc(C(Cc2cnccc2N)NN)c1. The monoisotopic (exact) mass is 288 g/mol. The third-order valence-corrected chi connectivity index (χ3v) is 3.34. The van der Waals surface area contributed by atoms with E-state index in [1.54, 1.807) is 32.7 Å². The summed E-state index contributed by atoms with van der Waals surface area (Å²) in [6.45, 7) is 0. The zero-order valence-electron chi connectivity index (χ0n) is 12.2. The largest absolute Gasteiger partial charge is 0.497 e. The Morgan fingerprint density at radius 2 is 1.86 bits per heavy atom. The first kappa shape index (κ1) is 15.1. The van der Waals surface area contributed by atoms with Gasteiger partial charge in [-0.2, -0.15) is 0 Å². The van der Waals surface area contributed by atoms with Crippen molar-refractivity contribution in [2.45, 2.75) is 12.5 Å². The summed E-state index contributed by atoms with van der Waals surface area (Å²) in [5, 5.41) is 0. The number of rotatable bonds is 6. The number of nitrogens with two attached hydrogens (primary N) is 2. The molecule has 6 heteroatoms. The fourth-order valence-corrected chi connectivity index (χ4v) is 2.13. The number of benzene rings is 1. The second kappa shape index (κ2) is 6.92. The molecular weight excluding hydrogens is 268 g/mol. The highest BCUT2D eigenvalue weighted by molar-refractivity contribution is 5.46. The van der Waals surface area contributed by atoms with Crippen LogP contribution in [0.3, 0.4) is 0 Å². The van der Waals surface area contributed by atoms with Gasteiger partial charge in [0.15, 0.2) is 0 Å². The van der Waals surface area contributed by atoms with Crippen LogP contribution in [-0.4, -0.2) is 19.2 Å². The highest BCUT2D eigenvalue weighted by atomic mass is 16.5. The van der Waals surface area contributed by atoms with E-state index in [0.717, 1.165) is 11.1 Å². The average Bonchev–Trinajstić information content (AvgIpc) is 2.53. The molecule has 2 aromatic rings. The minimum Gasteiger partial charge on any atom is -0.497 e. The molecule has 1 aromatic carbocycles. The topological polar surface area (TPSA) is 95.4 Å². The minimum absolute atomic E-state index is 0.125. The van der Waals surface area contributed by atoms with Crippen LogP contribution in [0.1, 0.15) is 17.2 Å². The third kappa shape index (κ3) is 3.62. The molecule has 0 radical (unpaired) electrons. The molecule has 0 aliphatic rings. The number of nitrogens with one attached hydrogen (secondary N) is 1. The number of hydrazine groups is 1. The first-order valence-corrected chi connectivity index (χ1v) is 6.55. The van der Waals surface area contributed by atoms with Crippen LogP contribution in [-0.2, 0) is 6.42 Å². The number of nitrogens with zero attached hydrogens (tertiary/aromatic N) is 1. The zero-order valence-corrected chi connectivity index (χ0v) is 12.2. The van der Waals surface area contributed by atoms with Crippen molar-refractivity contribution in [2.24, 2.45) is 5.84 Å². The first-order chi connectivity index (χ1) is 10.2. The van der Waals surface area contributed by atoms with Crippen LogP contribution >= 0.6 is 0 Å². The summed E-state index contributed by atoms with van der Waals surface area (Å²) in [5.74, 6) is 7.12. The number of hydrogen-bond donors (Lipinski definition) is 3. The van der Waals surface area contributed by atoms with Gasteiger partial charge in [0, 0.05) is 24.1 Å². The van der Waals surface area contributed by atoms with Gasteiger partial charge in [-0.3, -0.25) is 16.3 Å². The van der Waals surface area contributed by atoms with E-state index in [4.69, 9.17) is 21.1 Å². The molecule has 1 heterocycles. The molecule has 0 bridgehead atoms. The molecule has 0 aliphatic carbocycles. The van der Waals surface area contributed by atoms with Crippen molar-refractivity contribution in [1.82, 2.24) is 10.4 Å². The Morgan fingerprint density at radius 3 is 2.38 bits per heavy atom. The Labute approximate surface area is 124 Å². The van der Waals surface area contributed by atoms with E-state index >= 15 is 0 Å². The summed E-state index contributed by atoms with van der Waals surface area (Å²) in [6.07, 6.45) is 4.03. The van der Waals surface area contributed by atoms with Crippen LogP contribution in [0.15, 0.2) is 36.7 Å². The number of pyridine rings is 1. The molecule has 0 aliphatic heterocycles. The highest BCUT2D eigenvalue weighted by Crippen LogP contribution is 2.28. The third-order valence-electron chi connectivity index (χ3n) is 3.34. The predicted molar refractivity (Wildman–Crippen MR) is 82.0 cm³/mol. The molecule has 6 nitrogen and oxygen atoms in total. The first-order valence-electron chi connectivity index (χ1n) is 6.55. The van der Waals surface area contributed by atoms with Crippen molar-refractivity contribution in [1.29, 1.82) is 0 Å². The standard InChI is InChI=1S/C15H20N4O2/c1-20-12-5-10(6-13(8-12)21-2)15(19-17)7-11-9-18-4-3-14(11)16/h3-6,8-9,15,19H,7,17H2,1-2H3,(H2,16,18). The molecule has 21 heavy (non-hydrogen) atoms. The molecule has 0 saturated heterocycles. The lowest BCUT2D eigenvalue weighted by Crippen LogP contribution is -2.29. The summed E-state index contributed by atoms with van der Waals surface area (Å²) in [7, 11) is 3.23. The smallest absolute Gasteiger partial charge is 0.122 e. The van der Waals surface area contributed by atoms with Crippen LogP contribution in [0.2, 0.25) is 0 Å². The Morgan fingerprint density at radius 1 is 1.19 bits per heavy atom. The Balaban J connectivity index is 2.31. The maximum Gasteiger partial charge on any atom is 0.122 e. The molecule has 1 aromatic heterocycles. The molecule has 0 amide bonds. The van der Waals surface area contributed by atoms with Crippen LogP contribution in [0.4, 0.5) is 5.69 Å². The van der Waals surface area contributed by atoms with Crippen LogP contribution in [0.25, 0.3) is 0 Å². The molecule has 1 unspecified atom stereocenters. The summed E-state index contributed by atoms with van der Waals surface area (Å²) in [6, 6.07) is 7.30. The van der Waals surface area contributed by atoms with E-state index in [-0.39, 0.29) is 6.04 Å². The van der Waals surface area contributed by atoms with Gasteiger partial charge in [0.1, 0.15) is 11.5 Å². The van der Waals surface area contributed by atoms with E-state index in [2.05, 4.69) is 10.4 Å². The maximum absolute atomic E-state index is 5.96. The van der Waals surface area contributed by atoms with Gasteiger partial charge in [0.2, 0.25) is 0 Å². The fourth-order valence-electron chi connectivity index (χ4n) is 2.13. The molecule has 1 atom stereocenters. The van der Waals surface area contributed by atoms with Gasteiger partial charge in [0.05, 0.1) is 20.3 Å². The van der Waals surface area contributed by atoms with Gasteiger partial charge >= 0.3 is 0 Å². The summed E-state index contributed by atoms with van der Waals surface area (Å²) in [5.41, 5.74) is 11.3. The van der Waals surface area contributed by atoms with Gasteiger partial charge in [-0.15, -0.1) is 0 Å². The van der Waals surface area contributed by atoms with Crippen molar-refractivity contribution >= 4 is 5.69 Å². The maximum atomic E-state index is 5.96. The molecule has 0 spiro atoms. The Kier molecular flexibility index (Phi) is 4.97. The van der Waals surface area contributed by atoms with Gasteiger partial charge in [-0.25, -0.2) is 0 Å². The number of ether oxygens (including phenoxy) is 2. The lowest BCUT2D eigenvalue weighted by atomic mass is 9.99. The van der Waals surface area contributed by atoms with Gasteiger partial charge in [0.25, 0.3) is 0 Å². The second-order valence-corrected chi connectivity index (χ2v) is 4.64. The molecule has 0 fully saturated rings. The normalized spacial score (nSPS) is 12.0. The minimum atomic E-state index is -0.125. The molecule has 2 rings (SSSR count). The van der Waals surface area contributed by atoms with Crippen molar-refractivity contribution in [3.63, 3.8) is 0 Å². The van der Waals surface area contributed by atoms with Crippen LogP contribution < -0.4 is 26.5 Å². The van der Waals surface area contributed by atoms with E-state index < -0.39 is 0 Å². The van der Waals surface area contributed by atoms with Crippen molar-refractivity contribution in [3.8, 4) is 11.5 Å². The molecule has 112 valence electrons. The van der Waals surface area contributed by atoms with Crippen molar-refractivity contribution < 1.29 is 9.47 Å². The molecular formula is C15H20N4O2. The second-order valence-electron chi connectivity index (χ2n) is 4.64. The van der Waals surface area contributed by atoms with Gasteiger partial charge in [-0.05, 0) is 35.7 Å². The number of aromatic nitrogens is 1. The fraction of sp³-hybridized carbons (Fsp3) is 0.267. The van der Waals surface area contributed by atoms with Crippen LogP contribution in [0, 0.1) is 0 Å². The summed E-state index contributed by atoms with van der Waals surface area (Å²) in [4.78, 5) is 4.10. The Bertz CT molecular complexity index is 582. The van der Waals surface area contributed by atoms with Gasteiger partial charge < -0.3 is 15.2 Å². The van der Waals surface area contributed by atoms with Crippen LogP contribution in [0.5, 0.6) is 11.5 Å². The Hall–Kier alpha value is -2.31. The number of anilines is 1. The van der Waals surface area contributed by atoms with E-state index in [0.29, 0.717) is 23.6 Å². The van der Waals surface area contributed by atoms with Gasteiger partial charge in [-0.1, -0.05) is 0 Å². The number of methoxy groups -OCH3 is 2.